The highest BCUT2D eigenvalue weighted by molar-refractivity contribution is 5.36. The van der Waals surface area contributed by atoms with Gasteiger partial charge in [0.25, 0.3) is 0 Å². The molecule has 0 aliphatic rings. The molecule has 0 radical (unpaired) electrons. The highest BCUT2D eigenvalue weighted by Gasteiger charge is 2.72. The van der Waals surface area contributed by atoms with Crippen LogP contribution in [0.25, 0.3) is 0 Å². The summed E-state index contributed by atoms with van der Waals surface area (Å²) >= 11 is 0. The molecule has 1 aromatic rings. The van der Waals surface area contributed by atoms with Crippen molar-refractivity contribution in [3.63, 3.8) is 0 Å². The van der Waals surface area contributed by atoms with Gasteiger partial charge in [0.15, 0.2) is 0 Å². The van der Waals surface area contributed by atoms with Crippen LogP contribution in [0.5, 0.6) is 0 Å². The average molecular weight is 453 g/mol. The van der Waals surface area contributed by atoms with Crippen LogP contribution >= 0.6 is 0 Å². The second-order valence-electron chi connectivity index (χ2n) is 6.56. The Morgan fingerprint density at radius 2 is 1.60 bits per heavy atom. The molecule has 3 N–H and O–H groups in total. The van der Waals surface area contributed by atoms with Crippen LogP contribution in [0.1, 0.15) is 26.1 Å². The molecule has 0 aromatic carbocycles. The maximum atomic E-state index is 13.5. The number of aliphatic hydroxyl groups is 2. The summed E-state index contributed by atoms with van der Waals surface area (Å²) in [6, 6.07) is 0. The Kier molecular flexibility index (Phi) is 8.98. The van der Waals surface area contributed by atoms with Gasteiger partial charge in [0.2, 0.25) is 11.9 Å². The van der Waals surface area contributed by atoms with Crippen molar-refractivity contribution in [1.82, 2.24) is 15.0 Å². The first kappa shape index (κ1) is 26.0. The van der Waals surface area contributed by atoms with Gasteiger partial charge in [-0.1, -0.05) is 13.8 Å². The molecule has 0 amide bonds. The molecular weight excluding hydrogens is 431 g/mol. The number of aromatic nitrogens is 3. The Morgan fingerprint density at radius 3 is 2.10 bits per heavy atom. The number of alkyl halides is 7. The Morgan fingerprint density at radius 1 is 1.00 bits per heavy atom. The quantitative estimate of drug-likeness (QED) is 0.252. The molecule has 174 valence electrons. The summed E-state index contributed by atoms with van der Waals surface area (Å²) in [6.07, 6.45) is -9.42. The van der Waals surface area contributed by atoms with E-state index in [0.29, 0.717) is 6.61 Å². The van der Waals surface area contributed by atoms with E-state index in [4.69, 9.17) is 14.9 Å². The Hall–Kier alpha value is -2.00. The third-order valence-corrected chi connectivity index (χ3v) is 3.56. The van der Waals surface area contributed by atoms with Crippen molar-refractivity contribution in [2.75, 3.05) is 37.0 Å². The van der Waals surface area contributed by atoms with Gasteiger partial charge in [0.1, 0.15) is 26.0 Å². The summed E-state index contributed by atoms with van der Waals surface area (Å²) in [5, 5.41) is 20.9. The fourth-order valence-corrected chi connectivity index (χ4v) is 1.95. The number of hydrogen-bond donors (Lipinski definition) is 3. The molecule has 0 aliphatic heterocycles. The van der Waals surface area contributed by atoms with Crippen LogP contribution in [-0.4, -0.2) is 70.0 Å². The first-order chi connectivity index (χ1) is 13.7. The summed E-state index contributed by atoms with van der Waals surface area (Å²) in [4.78, 5) is 11.9. The van der Waals surface area contributed by atoms with Crippen molar-refractivity contribution in [3.8, 4) is 0 Å². The second-order valence-corrected chi connectivity index (χ2v) is 6.56. The van der Waals surface area contributed by atoms with E-state index in [1.165, 1.54) is 0 Å². The van der Waals surface area contributed by atoms with Gasteiger partial charge in [0.05, 0.1) is 6.61 Å². The molecule has 0 saturated carbocycles. The van der Waals surface area contributed by atoms with E-state index in [0.717, 1.165) is 4.90 Å². The summed E-state index contributed by atoms with van der Waals surface area (Å²) in [5.74, 6) is -12.7. The van der Waals surface area contributed by atoms with Crippen LogP contribution in [0.3, 0.4) is 0 Å². The van der Waals surface area contributed by atoms with Crippen LogP contribution < -0.4 is 10.2 Å². The minimum Gasteiger partial charge on any atom is -0.376 e. The summed E-state index contributed by atoms with van der Waals surface area (Å²) in [6.45, 7) is 2.35. The zero-order valence-corrected chi connectivity index (χ0v) is 16.1. The zero-order valence-electron chi connectivity index (χ0n) is 16.1. The first-order valence-electron chi connectivity index (χ1n) is 8.60. The minimum absolute atomic E-state index is 0.137. The van der Waals surface area contributed by atoms with E-state index in [1.54, 1.807) is 0 Å². The number of ether oxygens (including phenoxy) is 1. The number of rotatable bonds is 12. The van der Waals surface area contributed by atoms with Gasteiger partial charge < -0.3 is 20.3 Å². The number of aryl methyl sites for hydroxylation is 1. The number of nitrogens with one attached hydrogen (secondary N) is 1. The molecule has 0 aliphatic carbocycles. The predicted octanol–water partition coefficient (Wildman–Crippen LogP) is 2.39. The third kappa shape index (κ3) is 6.77. The van der Waals surface area contributed by atoms with E-state index < -0.39 is 56.1 Å². The van der Waals surface area contributed by atoms with Crippen LogP contribution in [0.15, 0.2) is 0 Å². The van der Waals surface area contributed by atoms with Crippen LogP contribution in [0.4, 0.5) is 42.6 Å². The van der Waals surface area contributed by atoms with Gasteiger partial charge in [-0.3, -0.25) is 4.90 Å². The molecule has 1 heterocycles. The van der Waals surface area contributed by atoms with Crippen molar-refractivity contribution >= 4 is 11.9 Å². The normalized spacial score (nSPS) is 13.1. The lowest BCUT2D eigenvalue weighted by atomic mass is 10.1. The monoisotopic (exact) mass is 453 g/mol. The summed E-state index contributed by atoms with van der Waals surface area (Å²) in [5.41, 5.74) is 0. The Labute approximate surface area is 167 Å². The molecule has 1 rings (SSSR count). The van der Waals surface area contributed by atoms with E-state index in [1.807, 2.05) is 13.8 Å². The summed E-state index contributed by atoms with van der Waals surface area (Å²) in [7, 11) is 0. The molecule has 8 nitrogen and oxygen atoms in total. The van der Waals surface area contributed by atoms with Crippen molar-refractivity contribution in [2.45, 2.75) is 44.7 Å². The first-order valence-corrected chi connectivity index (χ1v) is 8.60. The predicted molar refractivity (Wildman–Crippen MR) is 90.0 cm³/mol. The van der Waals surface area contributed by atoms with Gasteiger partial charge in [-0.25, -0.2) is 0 Å². The maximum absolute atomic E-state index is 13.5. The fraction of sp³-hybridized carbons (Fsp3) is 0.800. The second kappa shape index (κ2) is 10.3. The van der Waals surface area contributed by atoms with Gasteiger partial charge in [-0.05, 0) is 5.92 Å². The van der Waals surface area contributed by atoms with Crippen LogP contribution in [0.2, 0.25) is 0 Å². The molecule has 0 spiro atoms. The zero-order chi connectivity index (χ0) is 23.2. The third-order valence-electron chi connectivity index (χ3n) is 3.56. The Balaban J connectivity index is 3.03. The SMILES string of the molecule is CC(C)COCNc1nc(CCC(F)(F)C(F)(F)C(F)(F)F)nc(N(CO)CO)n1. The lowest BCUT2D eigenvalue weighted by Crippen LogP contribution is -2.52. The molecule has 30 heavy (non-hydrogen) atoms. The molecule has 1 aromatic heterocycles. The lowest BCUT2D eigenvalue weighted by Gasteiger charge is -2.28. The largest absolute Gasteiger partial charge is 0.459 e. The molecule has 0 atom stereocenters. The number of hydrogen-bond acceptors (Lipinski definition) is 8. The van der Waals surface area contributed by atoms with E-state index in [2.05, 4.69) is 20.3 Å². The minimum atomic E-state index is -6.44. The van der Waals surface area contributed by atoms with E-state index in [9.17, 15) is 30.7 Å². The molecule has 0 bridgehead atoms. The van der Waals surface area contributed by atoms with Crippen molar-refractivity contribution < 1.29 is 45.7 Å². The van der Waals surface area contributed by atoms with E-state index in [-0.39, 0.29) is 18.6 Å². The Bertz CT molecular complexity index is 673. The molecular formula is C15H22F7N5O3. The van der Waals surface area contributed by atoms with Gasteiger partial charge in [-0.15, -0.1) is 0 Å². The van der Waals surface area contributed by atoms with Crippen molar-refractivity contribution in [1.29, 1.82) is 0 Å². The van der Waals surface area contributed by atoms with Crippen molar-refractivity contribution in [2.24, 2.45) is 5.92 Å². The van der Waals surface area contributed by atoms with Gasteiger partial charge in [-0.2, -0.15) is 45.7 Å². The number of nitrogens with zero attached hydrogens (tertiary/aromatic N) is 4. The number of anilines is 2. The maximum Gasteiger partial charge on any atom is 0.459 e. The smallest absolute Gasteiger partial charge is 0.376 e. The number of halogens is 7. The fourth-order valence-electron chi connectivity index (χ4n) is 1.95. The summed E-state index contributed by atoms with van der Waals surface area (Å²) < 4.78 is 95.1. The highest BCUT2D eigenvalue weighted by Crippen LogP contribution is 2.48. The standard InChI is InChI=1S/C15H22F7N5O3/c1-9(2)5-30-6-23-11-24-10(25-12(26-11)27(7-28)8-29)3-4-13(16,17)14(18,19)15(20,21)22/h9,28-29H,3-8H2,1-2H3,(H,23,24,25,26). The van der Waals surface area contributed by atoms with Crippen molar-refractivity contribution in [3.05, 3.63) is 5.82 Å². The van der Waals surface area contributed by atoms with Gasteiger partial charge in [0, 0.05) is 12.8 Å². The average Bonchev–Trinajstić information content (AvgIpc) is 2.63. The van der Waals surface area contributed by atoms with E-state index >= 15 is 0 Å². The molecule has 0 saturated heterocycles. The lowest BCUT2D eigenvalue weighted by molar-refractivity contribution is -0.355. The van der Waals surface area contributed by atoms with Crippen LogP contribution in [-0.2, 0) is 11.2 Å². The van der Waals surface area contributed by atoms with Crippen LogP contribution in [0, 0.1) is 5.92 Å². The molecule has 15 heteroatoms. The molecule has 0 fully saturated rings. The van der Waals surface area contributed by atoms with Gasteiger partial charge >= 0.3 is 18.0 Å². The molecule has 0 unspecified atom stereocenters. The highest BCUT2D eigenvalue weighted by atomic mass is 19.4. The number of aliphatic hydroxyl groups excluding tert-OH is 2. The topological polar surface area (TPSA) is 104 Å².